The zero-order valence-corrected chi connectivity index (χ0v) is 9.19. The number of carboxylic acids is 1. The Hall–Kier alpha value is -1.62. The topological polar surface area (TPSA) is 55.8 Å². The van der Waals surface area contributed by atoms with Crippen molar-refractivity contribution in [2.45, 2.75) is 25.6 Å². The molecule has 4 nitrogen and oxygen atoms in total. The van der Waals surface area contributed by atoms with Crippen LogP contribution in [-0.4, -0.2) is 24.0 Å². The number of hydrogen-bond acceptors (Lipinski definition) is 3. The van der Waals surface area contributed by atoms with E-state index in [0.717, 1.165) is 25.3 Å². The van der Waals surface area contributed by atoms with Gasteiger partial charge in [-0.05, 0) is 25.0 Å². The molecule has 1 fully saturated rings. The Morgan fingerprint density at radius 3 is 2.88 bits per heavy atom. The van der Waals surface area contributed by atoms with Crippen molar-refractivity contribution in [2.24, 2.45) is 0 Å². The molecular formula is C12H13FO4. The summed E-state index contributed by atoms with van der Waals surface area (Å²) in [5.41, 5.74) is -0.359. The van der Waals surface area contributed by atoms with Crippen LogP contribution in [0.15, 0.2) is 18.2 Å². The Balaban J connectivity index is 2.06. The predicted molar refractivity (Wildman–Crippen MR) is 57.6 cm³/mol. The van der Waals surface area contributed by atoms with Crippen LogP contribution in [0.2, 0.25) is 0 Å². The highest BCUT2D eigenvalue weighted by Gasteiger charge is 2.17. The molecule has 0 amide bonds. The van der Waals surface area contributed by atoms with E-state index < -0.39 is 11.8 Å². The van der Waals surface area contributed by atoms with E-state index in [1.165, 1.54) is 12.1 Å². The average molecular weight is 240 g/mol. The summed E-state index contributed by atoms with van der Waals surface area (Å²) in [5.74, 6) is -1.80. The number of aromatic carboxylic acids is 1. The first-order valence-electron chi connectivity index (χ1n) is 5.48. The van der Waals surface area contributed by atoms with Gasteiger partial charge in [0.2, 0.25) is 0 Å². The lowest BCUT2D eigenvalue weighted by atomic mass is 10.2. The van der Waals surface area contributed by atoms with Crippen LogP contribution in [-0.2, 0) is 4.74 Å². The Morgan fingerprint density at radius 1 is 1.47 bits per heavy atom. The van der Waals surface area contributed by atoms with Gasteiger partial charge in [0.15, 0.2) is 6.29 Å². The van der Waals surface area contributed by atoms with Crippen molar-refractivity contribution in [1.29, 1.82) is 0 Å². The molecule has 2 rings (SSSR count). The van der Waals surface area contributed by atoms with Gasteiger partial charge in [0.05, 0.1) is 12.2 Å². The van der Waals surface area contributed by atoms with Crippen LogP contribution in [0.1, 0.15) is 29.6 Å². The molecule has 1 aliphatic heterocycles. The van der Waals surface area contributed by atoms with E-state index in [1.807, 2.05) is 0 Å². The van der Waals surface area contributed by atoms with Gasteiger partial charge in [-0.25, -0.2) is 9.18 Å². The molecule has 17 heavy (non-hydrogen) atoms. The second-order valence-corrected chi connectivity index (χ2v) is 3.86. The highest BCUT2D eigenvalue weighted by atomic mass is 19.1. The van der Waals surface area contributed by atoms with Crippen molar-refractivity contribution >= 4 is 5.97 Å². The van der Waals surface area contributed by atoms with E-state index in [1.54, 1.807) is 0 Å². The zero-order chi connectivity index (χ0) is 12.3. The van der Waals surface area contributed by atoms with E-state index in [-0.39, 0.29) is 11.9 Å². The monoisotopic (exact) mass is 240 g/mol. The van der Waals surface area contributed by atoms with E-state index in [2.05, 4.69) is 0 Å². The molecule has 0 saturated carbocycles. The fraction of sp³-hybridized carbons (Fsp3) is 0.417. The smallest absolute Gasteiger partial charge is 0.338 e. The predicted octanol–water partition coefficient (Wildman–Crippen LogP) is 2.43. The van der Waals surface area contributed by atoms with Crippen molar-refractivity contribution < 1.29 is 23.8 Å². The Kier molecular flexibility index (Phi) is 3.58. The lowest BCUT2D eigenvalue weighted by molar-refractivity contribution is -0.106. The van der Waals surface area contributed by atoms with Gasteiger partial charge in [0, 0.05) is 12.5 Å². The first-order valence-corrected chi connectivity index (χ1v) is 5.48. The largest absolute Gasteiger partial charge is 0.478 e. The molecule has 1 aliphatic rings. The molecule has 0 aliphatic carbocycles. The van der Waals surface area contributed by atoms with E-state index in [9.17, 15) is 9.18 Å². The average Bonchev–Trinajstić information content (AvgIpc) is 2.30. The van der Waals surface area contributed by atoms with Gasteiger partial charge < -0.3 is 14.6 Å². The highest BCUT2D eigenvalue weighted by molar-refractivity contribution is 5.88. The minimum atomic E-state index is -1.29. The molecule has 0 spiro atoms. The van der Waals surface area contributed by atoms with Crippen molar-refractivity contribution in [3.05, 3.63) is 29.6 Å². The number of rotatable bonds is 3. The molecule has 1 aromatic carbocycles. The lowest BCUT2D eigenvalue weighted by Crippen LogP contribution is -2.25. The highest BCUT2D eigenvalue weighted by Crippen LogP contribution is 2.21. The lowest BCUT2D eigenvalue weighted by Gasteiger charge is -2.23. The number of benzene rings is 1. The van der Waals surface area contributed by atoms with Crippen LogP contribution in [0, 0.1) is 5.82 Å². The fourth-order valence-corrected chi connectivity index (χ4v) is 1.70. The normalized spacial score (nSPS) is 19.9. The van der Waals surface area contributed by atoms with Gasteiger partial charge in [0.25, 0.3) is 0 Å². The number of halogens is 1. The first kappa shape index (κ1) is 11.9. The Bertz CT molecular complexity index is 413. The number of ether oxygens (including phenoxy) is 2. The van der Waals surface area contributed by atoms with Crippen LogP contribution < -0.4 is 4.74 Å². The minimum Gasteiger partial charge on any atom is -0.478 e. The van der Waals surface area contributed by atoms with Gasteiger partial charge in [-0.1, -0.05) is 0 Å². The maximum absolute atomic E-state index is 13.4. The van der Waals surface area contributed by atoms with Crippen molar-refractivity contribution in [2.75, 3.05) is 6.61 Å². The third kappa shape index (κ3) is 2.94. The molecular weight excluding hydrogens is 227 g/mol. The van der Waals surface area contributed by atoms with Gasteiger partial charge in [-0.2, -0.15) is 0 Å². The second-order valence-electron chi connectivity index (χ2n) is 3.86. The summed E-state index contributed by atoms with van der Waals surface area (Å²) in [7, 11) is 0. The van der Waals surface area contributed by atoms with Crippen molar-refractivity contribution in [3.8, 4) is 5.75 Å². The Labute approximate surface area is 98.0 Å². The van der Waals surface area contributed by atoms with Gasteiger partial charge in [-0.15, -0.1) is 0 Å². The first-order chi connectivity index (χ1) is 8.16. The number of carbonyl (C=O) groups is 1. The fourth-order valence-electron chi connectivity index (χ4n) is 1.70. The molecule has 1 heterocycles. The van der Waals surface area contributed by atoms with Gasteiger partial charge in [0.1, 0.15) is 11.6 Å². The minimum absolute atomic E-state index is 0.291. The molecule has 0 bridgehead atoms. The number of carboxylic acid groups (broad SMARTS) is 1. The van der Waals surface area contributed by atoms with E-state index in [4.69, 9.17) is 14.6 Å². The SMILES string of the molecule is O=C(O)c1ccc(OC2CCCCO2)cc1F. The molecule has 0 radical (unpaired) electrons. The van der Waals surface area contributed by atoms with Gasteiger partial charge in [-0.3, -0.25) is 0 Å². The summed E-state index contributed by atoms with van der Waals surface area (Å²) in [6, 6.07) is 3.70. The molecule has 1 aromatic rings. The van der Waals surface area contributed by atoms with Crippen LogP contribution >= 0.6 is 0 Å². The molecule has 92 valence electrons. The summed E-state index contributed by atoms with van der Waals surface area (Å²) in [6.45, 7) is 0.639. The molecule has 1 atom stereocenters. The third-order valence-corrected chi connectivity index (χ3v) is 2.58. The maximum atomic E-state index is 13.4. The van der Waals surface area contributed by atoms with Crippen LogP contribution in [0.5, 0.6) is 5.75 Å². The summed E-state index contributed by atoms with van der Waals surface area (Å²) in [4.78, 5) is 10.6. The summed E-state index contributed by atoms with van der Waals surface area (Å²) < 4.78 is 24.1. The summed E-state index contributed by atoms with van der Waals surface area (Å²) >= 11 is 0. The second kappa shape index (κ2) is 5.14. The Morgan fingerprint density at radius 2 is 2.29 bits per heavy atom. The zero-order valence-electron chi connectivity index (χ0n) is 9.19. The van der Waals surface area contributed by atoms with Crippen LogP contribution in [0.3, 0.4) is 0 Å². The van der Waals surface area contributed by atoms with E-state index in [0.29, 0.717) is 12.4 Å². The quantitative estimate of drug-likeness (QED) is 0.881. The molecule has 1 saturated heterocycles. The molecule has 0 aromatic heterocycles. The third-order valence-electron chi connectivity index (χ3n) is 2.58. The summed E-state index contributed by atoms with van der Waals surface area (Å²) in [5, 5.41) is 8.67. The van der Waals surface area contributed by atoms with Crippen molar-refractivity contribution in [3.63, 3.8) is 0 Å². The number of hydrogen-bond donors (Lipinski definition) is 1. The standard InChI is InChI=1S/C12H13FO4/c13-10-7-8(4-5-9(10)12(14)15)17-11-3-1-2-6-16-11/h4-5,7,11H,1-3,6H2,(H,14,15). The summed E-state index contributed by atoms with van der Waals surface area (Å²) in [6.07, 6.45) is 2.42. The van der Waals surface area contributed by atoms with Crippen molar-refractivity contribution in [1.82, 2.24) is 0 Å². The molecule has 5 heteroatoms. The van der Waals surface area contributed by atoms with Crippen LogP contribution in [0.25, 0.3) is 0 Å². The maximum Gasteiger partial charge on any atom is 0.338 e. The van der Waals surface area contributed by atoms with Gasteiger partial charge >= 0.3 is 5.97 Å². The van der Waals surface area contributed by atoms with Crippen LogP contribution in [0.4, 0.5) is 4.39 Å². The molecule has 1 N–H and O–H groups in total. The molecule has 1 unspecified atom stereocenters. The van der Waals surface area contributed by atoms with E-state index >= 15 is 0 Å².